The highest BCUT2D eigenvalue weighted by Gasteiger charge is 2.29. The van der Waals surface area contributed by atoms with Crippen LogP contribution in [0.2, 0.25) is 0 Å². The monoisotopic (exact) mass is 302 g/mol. The third kappa shape index (κ3) is 2.82. The maximum atomic E-state index is 9.09. The van der Waals surface area contributed by atoms with Crippen LogP contribution in [0.15, 0.2) is 35.8 Å². The SMILES string of the molecule is COC1=CC(c2cc(OC)ccc2OC)=C(OC)CC1=[N+]=[N-]. The first-order chi connectivity index (χ1) is 10.7. The van der Waals surface area contributed by atoms with Gasteiger partial charge < -0.3 is 24.5 Å². The molecule has 0 bridgehead atoms. The van der Waals surface area contributed by atoms with Crippen molar-refractivity contribution in [3.05, 3.63) is 46.9 Å². The van der Waals surface area contributed by atoms with Crippen LogP contribution in [-0.4, -0.2) is 38.9 Å². The number of nitrogens with zero attached hydrogens (tertiary/aromatic N) is 2. The highest BCUT2D eigenvalue weighted by Crippen LogP contribution is 2.36. The van der Waals surface area contributed by atoms with Gasteiger partial charge in [-0.3, -0.25) is 0 Å². The molecule has 0 fully saturated rings. The van der Waals surface area contributed by atoms with Gasteiger partial charge >= 0.3 is 5.71 Å². The number of ether oxygens (including phenoxy) is 4. The molecule has 1 aromatic carbocycles. The second-order valence-electron chi connectivity index (χ2n) is 4.54. The molecule has 0 unspecified atom stereocenters. The van der Waals surface area contributed by atoms with Crippen LogP contribution in [0.4, 0.5) is 0 Å². The van der Waals surface area contributed by atoms with E-state index in [4.69, 9.17) is 24.5 Å². The molecule has 22 heavy (non-hydrogen) atoms. The number of benzene rings is 1. The highest BCUT2D eigenvalue weighted by atomic mass is 16.5. The molecule has 2 rings (SSSR count). The molecule has 0 saturated carbocycles. The van der Waals surface area contributed by atoms with Gasteiger partial charge in [0.05, 0.1) is 28.4 Å². The van der Waals surface area contributed by atoms with Crippen molar-refractivity contribution in [1.82, 2.24) is 0 Å². The van der Waals surface area contributed by atoms with Crippen molar-refractivity contribution in [2.24, 2.45) is 0 Å². The summed E-state index contributed by atoms with van der Waals surface area (Å²) in [4.78, 5) is 3.26. The van der Waals surface area contributed by atoms with Crippen LogP contribution in [0.5, 0.6) is 11.5 Å². The van der Waals surface area contributed by atoms with Gasteiger partial charge in [-0.25, -0.2) is 0 Å². The van der Waals surface area contributed by atoms with Crippen LogP contribution in [-0.2, 0) is 9.47 Å². The summed E-state index contributed by atoms with van der Waals surface area (Å²) in [6, 6.07) is 5.50. The van der Waals surface area contributed by atoms with Crippen molar-refractivity contribution in [2.45, 2.75) is 6.42 Å². The molecule has 0 radical (unpaired) electrons. The Morgan fingerprint density at radius 2 is 1.77 bits per heavy atom. The molecule has 0 spiro atoms. The summed E-state index contributed by atoms with van der Waals surface area (Å²) in [5, 5.41) is 0. The van der Waals surface area contributed by atoms with Gasteiger partial charge in [0.2, 0.25) is 5.76 Å². The second-order valence-corrected chi connectivity index (χ2v) is 4.54. The largest absolute Gasteiger partial charge is 0.500 e. The van der Waals surface area contributed by atoms with Crippen LogP contribution in [0.25, 0.3) is 11.1 Å². The van der Waals surface area contributed by atoms with E-state index in [1.807, 2.05) is 18.2 Å². The Kier molecular flexibility index (Phi) is 4.86. The minimum atomic E-state index is 0.322. The summed E-state index contributed by atoms with van der Waals surface area (Å²) in [6.07, 6.45) is 2.08. The molecule has 6 nitrogen and oxygen atoms in total. The van der Waals surface area contributed by atoms with Gasteiger partial charge in [0.15, 0.2) is 0 Å². The Labute approximate surface area is 129 Å². The lowest BCUT2D eigenvalue weighted by Gasteiger charge is -2.18. The summed E-state index contributed by atoms with van der Waals surface area (Å²) >= 11 is 0. The molecule has 1 aliphatic carbocycles. The average Bonchev–Trinajstić information content (AvgIpc) is 2.59. The van der Waals surface area contributed by atoms with E-state index in [-0.39, 0.29) is 0 Å². The Hall–Kier alpha value is -2.72. The standard InChI is InChI=1S/C16H18N2O4/c1-19-10-5-6-14(20-2)11(7-10)12-8-16(22-4)13(18-17)9-15(12)21-3/h5-8H,9H2,1-4H3. The van der Waals surface area contributed by atoms with E-state index in [1.54, 1.807) is 27.4 Å². The van der Waals surface area contributed by atoms with E-state index < -0.39 is 0 Å². The Balaban J connectivity index is 2.65. The Bertz CT molecular complexity index is 685. The van der Waals surface area contributed by atoms with E-state index in [0.717, 1.165) is 11.1 Å². The topological polar surface area (TPSA) is 73.3 Å². The molecule has 0 aliphatic heterocycles. The molecular formula is C16H18N2O4. The normalized spacial score (nSPS) is 14.2. The average molecular weight is 302 g/mol. The maximum Gasteiger partial charge on any atom is 0.340 e. The van der Waals surface area contributed by atoms with Gasteiger partial charge in [-0.15, -0.1) is 0 Å². The van der Waals surface area contributed by atoms with Crippen LogP contribution in [0.1, 0.15) is 12.0 Å². The predicted molar refractivity (Wildman–Crippen MR) is 81.8 cm³/mol. The lowest BCUT2D eigenvalue weighted by Crippen LogP contribution is -2.14. The second kappa shape index (κ2) is 6.83. The fraction of sp³-hybridized carbons (Fsp3) is 0.312. The van der Waals surface area contributed by atoms with Crippen LogP contribution in [0.3, 0.4) is 0 Å². The molecule has 0 amide bonds. The first-order valence-corrected chi connectivity index (χ1v) is 6.65. The lowest BCUT2D eigenvalue weighted by atomic mass is 9.94. The van der Waals surface area contributed by atoms with Crippen molar-refractivity contribution in [1.29, 1.82) is 0 Å². The summed E-state index contributed by atoms with van der Waals surface area (Å²) in [5.74, 6) is 2.51. The number of allylic oxidation sites excluding steroid dienone is 4. The van der Waals surface area contributed by atoms with Gasteiger partial charge in [0.1, 0.15) is 23.7 Å². The van der Waals surface area contributed by atoms with E-state index in [0.29, 0.717) is 35.1 Å². The minimum absolute atomic E-state index is 0.322. The summed E-state index contributed by atoms with van der Waals surface area (Å²) in [6.45, 7) is 0. The van der Waals surface area contributed by atoms with Gasteiger partial charge in [-0.1, -0.05) is 0 Å². The van der Waals surface area contributed by atoms with Gasteiger partial charge in [-0.2, -0.15) is 4.79 Å². The lowest BCUT2D eigenvalue weighted by molar-refractivity contribution is -0.0121. The zero-order valence-electron chi connectivity index (χ0n) is 13.0. The third-order valence-electron chi connectivity index (χ3n) is 3.47. The fourth-order valence-corrected chi connectivity index (χ4v) is 2.33. The maximum absolute atomic E-state index is 9.09. The zero-order valence-corrected chi connectivity index (χ0v) is 13.0. The molecule has 1 aliphatic rings. The fourth-order valence-electron chi connectivity index (χ4n) is 2.33. The summed E-state index contributed by atoms with van der Waals surface area (Å²) in [7, 11) is 6.30. The molecule has 0 saturated heterocycles. The molecule has 6 heteroatoms. The molecule has 116 valence electrons. The number of methoxy groups -OCH3 is 4. The van der Waals surface area contributed by atoms with Gasteiger partial charge in [-0.05, 0) is 24.3 Å². The summed E-state index contributed by atoms with van der Waals surface area (Å²) < 4.78 is 21.4. The minimum Gasteiger partial charge on any atom is -0.500 e. The van der Waals surface area contributed by atoms with Crippen molar-refractivity contribution < 1.29 is 23.7 Å². The van der Waals surface area contributed by atoms with E-state index in [1.165, 1.54) is 7.11 Å². The van der Waals surface area contributed by atoms with Crippen LogP contribution >= 0.6 is 0 Å². The van der Waals surface area contributed by atoms with Crippen LogP contribution < -0.4 is 9.47 Å². The molecular weight excluding hydrogens is 284 g/mol. The first-order valence-electron chi connectivity index (χ1n) is 6.65. The first kappa shape index (κ1) is 15.7. The Morgan fingerprint density at radius 1 is 1.00 bits per heavy atom. The number of hydrogen-bond donors (Lipinski definition) is 0. The third-order valence-corrected chi connectivity index (χ3v) is 3.47. The summed E-state index contributed by atoms with van der Waals surface area (Å²) in [5.41, 5.74) is 11.1. The predicted octanol–water partition coefficient (Wildman–Crippen LogP) is 2.67. The molecule has 0 atom stereocenters. The van der Waals surface area contributed by atoms with Crippen molar-refractivity contribution >= 4 is 11.3 Å². The van der Waals surface area contributed by atoms with E-state index >= 15 is 0 Å². The van der Waals surface area contributed by atoms with Crippen molar-refractivity contribution in [2.75, 3.05) is 28.4 Å². The Morgan fingerprint density at radius 3 is 2.32 bits per heavy atom. The molecule has 0 N–H and O–H groups in total. The molecule has 0 heterocycles. The van der Waals surface area contributed by atoms with Gasteiger partial charge in [0, 0.05) is 11.1 Å². The van der Waals surface area contributed by atoms with Crippen LogP contribution in [0, 0.1) is 0 Å². The number of rotatable bonds is 5. The van der Waals surface area contributed by atoms with Crippen molar-refractivity contribution in [3.63, 3.8) is 0 Å². The molecule has 1 aromatic rings. The highest BCUT2D eigenvalue weighted by molar-refractivity contribution is 6.02. The van der Waals surface area contributed by atoms with Gasteiger partial charge in [0.25, 0.3) is 0 Å². The number of hydrogen-bond acceptors (Lipinski definition) is 4. The zero-order chi connectivity index (χ0) is 16.1. The van der Waals surface area contributed by atoms with Crippen molar-refractivity contribution in [3.8, 4) is 11.5 Å². The van der Waals surface area contributed by atoms with E-state index in [9.17, 15) is 0 Å². The van der Waals surface area contributed by atoms with E-state index in [2.05, 4.69) is 4.79 Å². The smallest absolute Gasteiger partial charge is 0.340 e. The molecule has 0 aromatic heterocycles. The quantitative estimate of drug-likeness (QED) is 0.619.